The Morgan fingerprint density at radius 2 is 2.29 bits per heavy atom. The highest BCUT2D eigenvalue weighted by Crippen LogP contribution is 2.25. The third-order valence-corrected chi connectivity index (χ3v) is 5.04. The van der Waals surface area contributed by atoms with Crippen LogP contribution in [0.25, 0.3) is 0 Å². The summed E-state index contributed by atoms with van der Waals surface area (Å²) in [6, 6.07) is 7.60. The number of likely N-dealkylation sites (tertiary alicyclic amines) is 1. The second-order valence-corrected chi connectivity index (χ2v) is 7.18. The molecule has 130 valence electrons. The summed E-state index contributed by atoms with van der Waals surface area (Å²) in [6.45, 7) is 5.18. The van der Waals surface area contributed by atoms with E-state index in [1.54, 1.807) is 6.07 Å². The first-order valence-electron chi connectivity index (χ1n) is 8.87. The third kappa shape index (κ3) is 4.52. The van der Waals surface area contributed by atoms with Crippen molar-refractivity contribution < 1.29 is 5.11 Å². The zero-order valence-corrected chi connectivity index (χ0v) is 15.0. The number of aromatic amines is 1. The Balaban J connectivity index is 1.53. The Bertz CT molecular complexity index is 670. The van der Waals surface area contributed by atoms with E-state index in [-0.39, 0.29) is 0 Å². The lowest BCUT2D eigenvalue weighted by Gasteiger charge is -2.15. The molecule has 2 heterocycles. The van der Waals surface area contributed by atoms with Crippen LogP contribution in [0.1, 0.15) is 43.3 Å². The number of nitrogens with one attached hydrogen (secondary N) is 1. The van der Waals surface area contributed by atoms with E-state index in [9.17, 15) is 5.11 Å². The number of phenolic OH excluding ortho intramolecular Hbond substituents is 1. The summed E-state index contributed by atoms with van der Waals surface area (Å²) < 4.78 is 0. The molecule has 0 spiro atoms. The molecule has 1 saturated heterocycles. The molecule has 0 saturated carbocycles. The van der Waals surface area contributed by atoms with Crippen LogP contribution in [0.5, 0.6) is 5.75 Å². The smallest absolute Gasteiger partial charge is 0.151 e. The second-order valence-electron chi connectivity index (χ2n) is 6.82. The molecular formula is C19H26ClN3O. The lowest BCUT2D eigenvalue weighted by atomic mass is 9.99. The predicted molar refractivity (Wildman–Crippen MR) is 97.4 cm³/mol. The molecule has 0 aliphatic carbocycles. The first-order chi connectivity index (χ1) is 11.6. The van der Waals surface area contributed by atoms with Crippen LogP contribution in [0.2, 0.25) is 5.15 Å². The third-order valence-electron chi connectivity index (χ3n) is 4.73. The molecule has 1 aliphatic rings. The first kappa shape index (κ1) is 17.3. The fourth-order valence-corrected chi connectivity index (χ4v) is 3.68. The predicted octanol–water partition coefficient (Wildman–Crippen LogP) is 4.18. The van der Waals surface area contributed by atoms with Crippen LogP contribution in [0.4, 0.5) is 0 Å². The van der Waals surface area contributed by atoms with E-state index in [2.05, 4.69) is 27.9 Å². The minimum absolute atomic E-state index is 0.353. The van der Waals surface area contributed by atoms with Crippen molar-refractivity contribution in [3.63, 3.8) is 0 Å². The number of H-pyrrole nitrogens is 1. The highest BCUT2D eigenvalue weighted by molar-refractivity contribution is 6.30. The van der Waals surface area contributed by atoms with Gasteiger partial charge in [-0.1, -0.05) is 37.1 Å². The first-order valence-corrected chi connectivity index (χ1v) is 9.25. The Morgan fingerprint density at radius 1 is 1.42 bits per heavy atom. The van der Waals surface area contributed by atoms with Gasteiger partial charge < -0.3 is 10.1 Å². The summed E-state index contributed by atoms with van der Waals surface area (Å²) in [7, 11) is 0. The van der Waals surface area contributed by atoms with Gasteiger partial charge in [0.05, 0.1) is 5.69 Å². The zero-order chi connectivity index (χ0) is 16.9. The number of halogens is 1. The van der Waals surface area contributed by atoms with Gasteiger partial charge in [0.2, 0.25) is 0 Å². The van der Waals surface area contributed by atoms with Crippen molar-refractivity contribution >= 4 is 11.6 Å². The number of hydrogen-bond acceptors (Lipinski definition) is 3. The maximum absolute atomic E-state index is 9.59. The monoisotopic (exact) mass is 347 g/mol. The van der Waals surface area contributed by atoms with Crippen molar-refractivity contribution in [2.75, 3.05) is 13.1 Å². The Hall–Kier alpha value is -1.52. The lowest BCUT2D eigenvalue weighted by molar-refractivity contribution is 0.313. The van der Waals surface area contributed by atoms with Crippen LogP contribution in [-0.2, 0) is 19.4 Å². The van der Waals surface area contributed by atoms with Gasteiger partial charge in [0.25, 0.3) is 0 Å². The molecule has 1 fully saturated rings. The normalized spacial score (nSPS) is 18.3. The van der Waals surface area contributed by atoms with E-state index in [1.807, 2.05) is 12.1 Å². The lowest BCUT2D eigenvalue weighted by Crippen LogP contribution is -2.21. The summed E-state index contributed by atoms with van der Waals surface area (Å²) in [4.78, 5) is 10.3. The van der Waals surface area contributed by atoms with Gasteiger partial charge in [-0.2, -0.15) is 0 Å². The van der Waals surface area contributed by atoms with Crippen LogP contribution in [0, 0.1) is 5.92 Å². The van der Waals surface area contributed by atoms with Crippen molar-refractivity contribution in [3.8, 4) is 5.75 Å². The van der Waals surface area contributed by atoms with Crippen molar-refractivity contribution in [1.82, 2.24) is 14.9 Å². The molecule has 24 heavy (non-hydrogen) atoms. The molecular weight excluding hydrogens is 322 g/mol. The molecule has 0 amide bonds. The molecule has 4 nitrogen and oxygen atoms in total. The average molecular weight is 348 g/mol. The summed E-state index contributed by atoms with van der Waals surface area (Å²) >= 11 is 6.29. The topological polar surface area (TPSA) is 52.1 Å². The number of benzene rings is 1. The quantitative estimate of drug-likeness (QED) is 0.790. The summed E-state index contributed by atoms with van der Waals surface area (Å²) in [6.07, 6.45) is 5.47. The van der Waals surface area contributed by atoms with Gasteiger partial charge in [0.15, 0.2) is 5.15 Å². The van der Waals surface area contributed by atoms with Gasteiger partial charge in [0, 0.05) is 19.5 Å². The van der Waals surface area contributed by atoms with E-state index in [4.69, 9.17) is 11.6 Å². The maximum Gasteiger partial charge on any atom is 0.151 e. The molecule has 5 heteroatoms. The SMILES string of the molecule is CCCCc1nc(Cl)c(CN2CCC(Cc3cccc(O)c3)C2)[nH]1. The summed E-state index contributed by atoms with van der Waals surface area (Å²) in [5.74, 6) is 1.99. The maximum atomic E-state index is 9.59. The van der Waals surface area contributed by atoms with Crippen molar-refractivity contribution in [2.24, 2.45) is 5.92 Å². The Kier molecular flexibility index (Phi) is 5.80. The van der Waals surface area contributed by atoms with Gasteiger partial charge in [-0.05, 0) is 49.4 Å². The van der Waals surface area contributed by atoms with Crippen molar-refractivity contribution in [1.29, 1.82) is 0 Å². The zero-order valence-electron chi connectivity index (χ0n) is 14.3. The molecule has 0 radical (unpaired) electrons. The van der Waals surface area contributed by atoms with E-state index in [0.29, 0.717) is 16.8 Å². The number of rotatable bonds is 7. The van der Waals surface area contributed by atoms with Crippen LogP contribution in [0.15, 0.2) is 24.3 Å². The Labute approximate surface area is 148 Å². The second kappa shape index (κ2) is 8.04. The fourth-order valence-electron chi connectivity index (χ4n) is 3.47. The van der Waals surface area contributed by atoms with Gasteiger partial charge in [0.1, 0.15) is 11.6 Å². The van der Waals surface area contributed by atoms with Crippen LogP contribution in [-0.4, -0.2) is 33.1 Å². The standard InChI is InChI=1S/C19H26ClN3O/c1-2-3-7-18-21-17(19(20)22-18)13-23-9-8-15(12-23)10-14-5-4-6-16(24)11-14/h4-6,11,15,24H,2-3,7-10,12-13H2,1H3,(H,21,22). The Morgan fingerprint density at radius 3 is 3.08 bits per heavy atom. The van der Waals surface area contributed by atoms with E-state index in [1.165, 1.54) is 12.0 Å². The minimum atomic E-state index is 0.353. The number of nitrogens with zero attached hydrogens (tertiary/aromatic N) is 2. The van der Waals surface area contributed by atoms with E-state index < -0.39 is 0 Å². The van der Waals surface area contributed by atoms with Gasteiger partial charge in [-0.15, -0.1) is 0 Å². The van der Waals surface area contributed by atoms with E-state index >= 15 is 0 Å². The molecule has 3 rings (SSSR count). The number of imidazole rings is 1. The summed E-state index contributed by atoms with van der Waals surface area (Å²) in [5, 5.41) is 10.2. The number of unbranched alkanes of at least 4 members (excludes halogenated alkanes) is 1. The fraction of sp³-hybridized carbons (Fsp3) is 0.526. The van der Waals surface area contributed by atoms with E-state index in [0.717, 1.165) is 56.8 Å². The molecule has 0 bridgehead atoms. The number of aryl methyl sites for hydroxylation is 1. The highest BCUT2D eigenvalue weighted by atomic mass is 35.5. The van der Waals surface area contributed by atoms with Crippen LogP contribution < -0.4 is 0 Å². The molecule has 2 aromatic rings. The van der Waals surface area contributed by atoms with Crippen molar-refractivity contribution in [2.45, 2.75) is 45.6 Å². The molecule has 2 N–H and O–H groups in total. The van der Waals surface area contributed by atoms with Gasteiger partial charge in [-0.3, -0.25) is 4.90 Å². The van der Waals surface area contributed by atoms with Crippen LogP contribution >= 0.6 is 11.6 Å². The van der Waals surface area contributed by atoms with Crippen molar-refractivity contribution in [3.05, 3.63) is 46.5 Å². The summed E-state index contributed by atoms with van der Waals surface area (Å²) in [5.41, 5.74) is 2.25. The van der Waals surface area contributed by atoms with Gasteiger partial charge >= 0.3 is 0 Å². The average Bonchev–Trinajstić information content (AvgIpc) is 3.13. The number of phenols is 1. The molecule has 1 aromatic heterocycles. The number of aromatic nitrogens is 2. The molecule has 1 atom stereocenters. The highest BCUT2D eigenvalue weighted by Gasteiger charge is 2.24. The number of aromatic hydroxyl groups is 1. The van der Waals surface area contributed by atoms with Crippen LogP contribution in [0.3, 0.4) is 0 Å². The largest absolute Gasteiger partial charge is 0.508 e. The van der Waals surface area contributed by atoms with Gasteiger partial charge in [-0.25, -0.2) is 4.98 Å². The number of hydrogen-bond donors (Lipinski definition) is 2. The molecule has 1 unspecified atom stereocenters. The molecule has 1 aromatic carbocycles. The minimum Gasteiger partial charge on any atom is -0.508 e. The molecule has 1 aliphatic heterocycles.